The Kier molecular flexibility index (Phi) is 6.35. The van der Waals surface area contributed by atoms with Crippen LogP contribution in [0.25, 0.3) is 0 Å². The molecular weight excluding hydrogens is 438 g/mol. The van der Waals surface area contributed by atoms with Crippen LogP contribution < -0.4 is 9.64 Å². The van der Waals surface area contributed by atoms with E-state index < -0.39 is 0 Å². The van der Waals surface area contributed by atoms with E-state index in [1.807, 2.05) is 88.9 Å². The number of phenolic OH excluding ortho intramolecular Hbond substituents is 3. The van der Waals surface area contributed by atoms with E-state index in [2.05, 4.69) is 0 Å². The third-order valence-electron chi connectivity index (χ3n) is 6.37. The number of ether oxygens (including phenoxy) is 1. The van der Waals surface area contributed by atoms with Crippen molar-refractivity contribution < 1.29 is 20.1 Å². The van der Waals surface area contributed by atoms with Crippen LogP contribution in [0.3, 0.4) is 0 Å². The van der Waals surface area contributed by atoms with Crippen LogP contribution in [0.4, 0.5) is 17.1 Å². The first kappa shape index (κ1) is 24.0. The normalized spacial score (nSPS) is 10.9. The monoisotopic (exact) mass is 469 g/mol. The van der Waals surface area contributed by atoms with Gasteiger partial charge in [-0.3, -0.25) is 0 Å². The summed E-state index contributed by atoms with van der Waals surface area (Å²) in [5.41, 5.74) is 7.45. The Labute approximate surface area is 206 Å². The summed E-state index contributed by atoms with van der Waals surface area (Å²) in [6.45, 7) is 11.4. The fourth-order valence-corrected chi connectivity index (χ4v) is 4.27. The van der Waals surface area contributed by atoms with Gasteiger partial charge in [-0.15, -0.1) is 0 Å². The Balaban J connectivity index is 1.84. The minimum Gasteiger partial charge on any atom is -0.508 e. The number of hydrogen-bond donors (Lipinski definition) is 3. The van der Waals surface area contributed by atoms with Gasteiger partial charge in [0, 0.05) is 22.4 Å². The maximum atomic E-state index is 10.6. The molecule has 0 atom stereocenters. The van der Waals surface area contributed by atoms with Crippen LogP contribution in [-0.4, -0.2) is 15.3 Å². The van der Waals surface area contributed by atoms with Crippen LogP contribution in [0.2, 0.25) is 0 Å². The highest BCUT2D eigenvalue weighted by molar-refractivity contribution is 5.83. The third-order valence-corrected chi connectivity index (χ3v) is 6.37. The van der Waals surface area contributed by atoms with E-state index in [-0.39, 0.29) is 17.2 Å². The summed E-state index contributed by atoms with van der Waals surface area (Å²) < 4.78 is 6.13. The largest absolute Gasteiger partial charge is 0.508 e. The van der Waals surface area contributed by atoms with E-state index >= 15 is 0 Å². The van der Waals surface area contributed by atoms with Gasteiger partial charge in [-0.1, -0.05) is 6.07 Å². The zero-order valence-corrected chi connectivity index (χ0v) is 21.0. The molecule has 0 saturated carbocycles. The summed E-state index contributed by atoms with van der Waals surface area (Å²) >= 11 is 0. The van der Waals surface area contributed by atoms with Gasteiger partial charge in [-0.05, 0) is 113 Å². The quantitative estimate of drug-likeness (QED) is 0.277. The van der Waals surface area contributed by atoms with E-state index in [0.29, 0.717) is 17.1 Å². The van der Waals surface area contributed by atoms with Crippen LogP contribution in [0.5, 0.6) is 28.7 Å². The number of aryl methyl sites for hydroxylation is 3. The second-order valence-electron chi connectivity index (χ2n) is 9.14. The summed E-state index contributed by atoms with van der Waals surface area (Å²) in [7, 11) is 0. The molecule has 3 N–H and O–H groups in total. The predicted molar refractivity (Wildman–Crippen MR) is 141 cm³/mol. The summed E-state index contributed by atoms with van der Waals surface area (Å²) in [5.74, 6) is 1.90. The molecule has 0 aliphatic carbocycles. The number of hydrogen-bond acceptors (Lipinski definition) is 5. The molecule has 0 radical (unpaired) electrons. The highest BCUT2D eigenvalue weighted by Crippen LogP contribution is 2.44. The Bertz CT molecular complexity index is 1350. The van der Waals surface area contributed by atoms with Crippen molar-refractivity contribution in [3.05, 3.63) is 94.0 Å². The fourth-order valence-electron chi connectivity index (χ4n) is 4.27. The smallest absolute Gasteiger partial charge is 0.136 e. The van der Waals surface area contributed by atoms with Gasteiger partial charge in [-0.2, -0.15) is 0 Å². The van der Waals surface area contributed by atoms with Crippen molar-refractivity contribution in [3.63, 3.8) is 0 Å². The Morgan fingerprint density at radius 2 is 1.09 bits per heavy atom. The molecule has 0 heterocycles. The van der Waals surface area contributed by atoms with Crippen molar-refractivity contribution in [3.8, 4) is 28.7 Å². The fraction of sp³-hybridized carbons (Fsp3) is 0.200. The first-order valence-corrected chi connectivity index (χ1v) is 11.5. The van der Waals surface area contributed by atoms with Crippen molar-refractivity contribution >= 4 is 17.1 Å². The second-order valence-corrected chi connectivity index (χ2v) is 9.14. The molecule has 4 rings (SSSR count). The number of phenols is 3. The van der Waals surface area contributed by atoms with Gasteiger partial charge < -0.3 is 25.0 Å². The lowest BCUT2D eigenvalue weighted by molar-refractivity contribution is 0.446. The third kappa shape index (κ3) is 4.62. The van der Waals surface area contributed by atoms with Crippen molar-refractivity contribution in [1.29, 1.82) is 0 Å². The minimum absolute atomic E-state index is 0.192. The van der Waals surface area contributed by atoms with E-state index in [1.165, 1.54) is 0 Å². The Hall–Kier alpha value is -4.12. The van der Waals surface area contributed by atoms with Gasteiger partial charge in [0.15, 0.2) is 0 Å². The maximum absolute atomic E-state index is 10.6. The van der Waals surface area contributed by atoms with Gasteiger partial charge in [0.1, 0.15) is 28.7 Å². The molecule has 5 heteroatoms. The summed E-state index contributed by atoms with van der Waals surface area (Å²) in [6, 6.07) is 18.7. The Morgan fingerprint density at radius 1 is 0.571 bits per heavy atom. The minimum atomic E-state index is 0.192. The highest BCUT2D eigenvalue weighted by Gasteiger charge is 2.21. The number of rotatable bonds is 5. The first-order chi connectivity index (χ1) is 16.6. The van der Waals surface area contributed by atoms with Crippen LogP contribution in [-0.2, 0) is 0 Å². The molecule has 4 aromatic carbocycles. The Morgan fingerprint density at radius 3 is 1.60 bits per heavy atom. The number of anilines is 3. The molecule has 35 heavy (non-hydrogen) atoms. The van der Waals surface area contributed by atoms with E-state index in [0.717, 1.165) is 44.9 Å². The zero-order valence-electron chi connectivity index (χ0n) is 21.0. The second kappa shape index (κ2) is 9.26. The average Bonchev–Trinajstić information content (AvgIpc) is 2.81. The molecule has 0 fully saturated rings. The van der Waals surface area contributed by atoms with Gasteiger partial charge in [-0.25, -0.2) is 0 Å². The molecule has 0 aliphatic heterocycles. The van der Waals surface area contributed by atoms with E-state index in [4.69, 9.17) is 4.74 Å². The standard InChI is InChI=1S/C30H31NO4/c1-17-13-25(20(4)28(33)15-17)31(26-14-18(2)16-29(34)21(26)5)23-8-10-24(11-9-23)35-30-19(3)7-12-27(32)22(30)6/h7-16,32-34H,1-6H3. The molecule has 0 spiro atoms. The lowest BCUT2D eigenvalue weighted by Crippen LogP contribution is -2.13. The van der Waals surface area contributed by atoms with Crippen molar-refractivity contribution in [2.24, 2.45) is 0 Å². The van der Waals surface area contributed by atoms with Crippen molar-refractivity contribution in [2.75, 3.05) is 4.90 Å². The molecule has 4 aromatic rings. The molecule has 180 valence electrons. The molecule has 0 aromatic heterocycles. The zero-order chi connectivity index (χ0) is 25.4. The average molecular weight is 470 g/mol. The first-order valence-electron chi connectivity index (χ1n) is 11.5. The van der Waals surface area contributed by atoms with Gasteiger partial charge in [0.2, 0.25) is 0 Å². The van der Waals surface area contributed by atoms with Crippen LogP contribution in [0.15, 0.2) is 60.7 Å². The van der Waals surface area contributed by atoms with Crippen molar-refractivity contribution in [1.82, 2.24) is 0 Å². The summed E-state index contributed by atoms with van der Waals surface area (Å²) in [4.78, 5) is 2.04. The molecular formula is C30H31NO4. The molecule has 0 aliphatic rings. The van der Waals surface area contributed by atoms with E-state index in [9.17, 15) is 15.3 Å². The van der Waals surface area contributed by atoms with Gasteiger partial charge in [0.25, 0.3) is 0 Å². The molecule has 0 saturated heterocycles. The number of benzene rings is 4. The lowest BCUT2D eigenvalue weighted by Gasteiger charge is -2.30. The van der Waals surface area contributed by atoms with Crippen LogP contribution >= 0.6 is 0 Å². The topological polar surface area (TPSA) is 73.2 Å². The molecule has 5 nitrogen and oxygen atoms in total. The summed E-state index contributed by atoms with van der Waals surface area (Å²) in [5, 5.41) is 31.2. The van der Waals surface area contributed by atoms with E-state index in [1.54, 1.807) is 18.2 Å². The lowest BCUT2D eigenvalue weighted by atomic mass is 10.0. The van der Waals surface area contributed by atoms with Crippen LogP contribution in [0.1, 0.15) is 33.4 Å². The maximum Gasteiger partial charge on any atom is 0.136 e. The SMILES string of the molecule is Cc1cc(O)c(C)c(N(c2ccc(Oc3c(C)ccc(O)c3C)cc2)c2cc(C)cc(O)c2C)c1. The highest BCUT2D eigenvalue weighted by atomic mass is 16.5. The molecule has 0 amide bonds. The van der Waals surface area contributed by atoms with Gasteiger partial charge >= 0.3 is 0 Å². The molecule has 0 bridgehead atoms. The number of nitrogens with zero attached hydrogens (tertiary/aromatic N) is 1. The van der Waals surface area contributed by atoms with Crippen molar-refractivity contribution in [2.45, 2.75) is 41.5 Å². The number of aromatic hydroxyl groups is 3. The van der Waals surface area contributed by atoms with Crippen LogP contribution in [0, 0.1) is 41.5 Å². The predicted octanol–water partition coefficient (Wildman–Crippen LogP) is 7.92. The van der Waals surface area contributed by atoms with Gasteiger partial charge in [0.05, 0.1) is 11.4 Å². The summed E-state index contributed by atoms with van der Waals surface area (Å²) in [6.07, 6.45) is 0. The molecule has 0 unspecified atom stereocenters.